The maximum atomic E-state index is 12.8. The van der Waals surface area contributed by atoms with E-state index in [2.05, 4.69) is 9.97 Å². The molecule has 88 valence electrons. The molecule has 0 radical (unpaired) electrons. The molecule has 1 aromatic heterocycles. The van der Waals surface area contributed by atoms with Crippen molar-refractivity contribution in [3.63, 3.8) is 0 Å². The fraction of sp³-hybridized carbons (Fsp3) is 0.167. The Balaban J connectivity index is 2.23. The molecule has 0 aliphatic carbocycles. The van der Waals surface area contributed by atoms with Crippen LogP contribution in [0.15, 0.2) is 40.3 Å². The normalized spacial score (nSPS) is 10.5. The zero-order valence-electron chi connectivity index (χ0n) is 9.15. The smallest absolute Gasteiger partial charge is 0.133 e. The topological polar surface area (TPSA) is 25.8 Å². The van der Waals surface area contributed by atoms with Gasteiger partial charge in [-0.15, -0.1) is 0 Å². The van der Waals surface area contributed by atoms with E-state index < -0.39 is 0 Å². The molecule has 2 nitrogen and oxygen atoms in total. The van der Waals surface area contributed by atoms with Crippen molar-refractivity contribution in [2.75, 3.05) is 0 Å². The van der Waals surface area contributed by atoms with Crippen molar-refractivity contribution in [2.45, 2.75) is 23.3 Å². The van der Waals surface area contributed by atoms with Gasteiger partial charge >= 0.3 is 0 Å². The first-order chi connectivity index (χ1) is 8.17. The van der Waals surface area contributed by atoms with E-state index in [-0.39, 0.29) is 5.82 Å². The minimum atomic E-state index is -0.246. The van der Waals surface area contributed by atoms with Crippen LogP contribution in [0.5, 0.6) is 0 Å². The number of nitrogens with zero attached hydrogens (tertiary/aromatic N) is 2. The van der Waals surface area contributed by atoms with E-state index in [1.165, 1.54) is 23.9 Å². The second-order valence-electron chi connectivity index (χ2n) is 3.35. The summed E-state index contributed by atoms with van der Waals surface area (Å²) in [5.41, 5.74) is 0. The Kier molecular flexibility index (Phi) is 3.97. The monoisotopic (exact) mass is 268 g/mol. The summed E-state index contributed by atoms with van der Waals surface area (Å²) in [5, 5.41) is 1.20. The molecule has 0 spiro atoms. The molecule has 0 aliphatic heterocycles. The fourth-order valence-corrected chi connectivity index (χ4v) is 2.38. The molecule has 0 amide bonds. The van der Waals surface area contributed by atoms with Crippen LogP contribution >= 0.6 is 23.4 Å². The Bertz CT molecular complexity index is 516. The lowest BCUT2D eigenvalue weighted by atomic mass is 10.4. The van der Waals surface area contributed by atoms with Crippen LogP contribution in [0.4, 0.5) is 4.39 Å². The summed E-state index contributed by atoms with van der Waals surface area (Å²) in [7, 11) is 0. The van der Waals surface area contributed by atoms with Crippen molar-refractivity contribution in [3.8, 4) is 0 Å². The molecule has 1 aromatic carbocycles. The van der Waals surface area contributed by atoms with Crippen LogP contribution in [0.2, 0.25) is 5.15 Å². The van der Waals surface area contributed by atoms with Crippen LogP contribution < -0.4 is 0 Å². The number of hydrogen-bond acceptors (Lipinski definition) is 3. The summed E-state index contributed by atoms with van der Waals surface area (Å²) >= 11 is 7.33. The van der Waals surface area contributed by atoms with Gasteiger partial charge in [0.15, 0.2) is 0 Å². The molecule has 5 heteroatoms. The number of rotatable bonds is 3. The highest BCUT2D eigenvalue weighted by molar-refractivity contribution is 7.99. The zero-order chi connectivity index (χ0) is 12.3. The maximum Gasteiger partial charge on any atom is 0.133 e. The van der Waals surface area contributed by atoms with E-state index in [1.54, 1.807) is 18.2 Å². The Hall–Kier alpha value is -1.13. The number of hydrogen-bond donors (Lipinski definition) is 0. The third kappa shape index (κ3) is 3.41. The van der Waals surface area contributed by atoms with Gasteiger partial charge in [-0.1, -0.05) is 30.3 Å². The third-order valence-corrected chi connectivity index (χ3v) is 3.19. The fourth-order valence-electron chi connectivity index (χ4n) is 1.28. The molecule has 0 saturated heterocycles. The molecule has 17 heavy (non-hydrogen) atoms. The van der Waals surface area contributed by atoms with Crippen molar-refractivity contribution >= 4 is 23.4 Å². The molecule has 0 aliphatic rings. The lowest BCUT2D eigenvalue weighted by molar-refractivity contribution is 0.626. The van der Waals surface area contributed by atoms with Gasteiger partial charge in [-0.05, 0) is 24.3 Å². The lowest BCUT2D eigenvalue weighted by Gasteiger charge is -2.03. The highest BCUT2D eigenvalue weighted by Crippen LogP contribution is 2.27. The van der Waals surface area contributed by atoms with Gasteiger partial charge in [0.2, 0.25) is 0 Å². The van der Waals surface area contributed by atoms with Gasteiger partial charge in [0, 0.05) is 17.4 Å². The van der Waals surface area contributed by atoms with Gasteiger partial charge < -0.3 is 0 Å². The first-order valence-corrected chi connectivity index (χ1v) is 6.33. The van der Waals surface area contributed by atoms with Crippen LogP contribution in [0.3, 0.4) is 0 Å². The number of halogens is 2. The second-order valence-corrected chi connectivity index (χ2v) is 4.84. The van der Waals surface area contributed by atoms with Crippen LogP contribution in [0.25, 0.3) is 0 Å². The standard InChI is InChI=1S/C12H10ClFN2S/c1-2-11-15-10(13)7-12(16-11)17-9-5-3-8(14)4-6-9/h3-7H,2H2,1H3. The first-order valence-electron chi connectivity index (χ1n) is 5.14. The summed E-state index contributed by atoms with van der Waals surface area (Å²) in [6.07, 6.45) is 0.734. The molecule has 0 fully saturated rings. The van der Waals surface area contributed by atoms with Crippen LogP contribution in [-0.4, -0.2) is 9.97 Å². The average molecular weight is 269 g/mol. The summed E-state index contributed by atoms with van der Waals surface area (Å²) in [6.45, 7) is 1.97. The van der Waals surface area contributed by atoms with Crippen molar-refractivity contribution in [2.24, 2.45) is 0 Å². The summed E-state index contributed by atoms with van der Waals surface area (Å²) in [5.74, 6) is 0.464. The second kappa shape index (κ2) is 5.47. The van der Waals surface area contributed by atoms with Crippen LogP contribution in [0.1, 0.15) is 12.7 Å². The zero-order valence-corrected chi connectivity index (χ0v) is 10.7. The van der Waals surface area contributed by atoms with Crippen molar-refractivity contribution in [3.05, 3.63) is 47.1 Å². The van der Waals surface area contributed by atoms with E-state index >= 15 is 0 Å². The molecule has 2 aromatic rings. The minimum absolute atomic E-state index is 0.246. The molecule has 0 atom stereocenters. The maximum absolute atomic E-state index is 12.8. The Morgan fingerprint density at radius 2 is 1.94 bits per heavy atom. The van der Waals surface area contributed by atoms with Gasteiger partial charge in [0.05, 0.1) is 0 Å². The largest absolute Gasteiger partial charge is 0.226 e. The van der Waals surface area contributed by atoms with Crippen molar-refractivity contribution in [1.29, 1.82) is 0 Å². The molecule has 0 unspecified atom stereocenters. The summed E-state index contributed by atoms with van der Waals surface area (Å²) in [6, 6.07) is 7.97. The van der Waals surface area contributed by atoms with E-state index in [4.69, 9.17) is 11.6 Å². The quantitative estimate of drug-likeness (QED) is 0.788. The number of benzene rings is 1. The van der Waals surface area contributed by atoms with Gasteiger partial charge in [-0.3, -0.25) is 0 Å². The van der Waals surface area contributed by atoms with Gasteiger partial charge in [-0.2, -0.15) is 0 Å². The molecular formula is C12H10ClFN2S. The highest BCUT2D eigenvalue weighted by Gasteiger charge is 2.04. The van der Waals surface area contributed by atoms with Gasteiger partial charge in [0.25, 0.3) is 0 Å². The molecular weight excluding hydrogens is 259 g/mol. The SMILES string of the molecule is CCc1nc(Cl)cc(Sc2ccc(F)cc2)n1. The van der Waals surface area contributed by atoms with Crippen molar-refractivity contribution in [1.82, 2.24) is 9.97 Å². The predicted octanol–water partition coefficient (Wildman–Crippen LogP) is 3.98. The average Bonchev–Trinajstić information content (AvgIpc) is 2.31. The van der Waals surface area contributed by atoms with E-state index in [0.29, 0.717) is 11.0 Å². The first kappa shape index (κ1) is 12.3. The minimum Gasteiger partial charge on any atom is -0.226 e. The van der Waals surface area contributed by atoms with Crippen molar-refractivity contribution < 1.29 is 4.39 Å². The summed E-state index contributed by atoms with van der Waals surface area (Å²) in [4.78, 5) is 9.35. The van der Waals surface area contributed by atoms with Crippen LogP contribution in [-0.2, 0) is 6.42 Å². The Morgan fingerprint density at radius 1 is 1.24 bits per heavy atom. The third-order valence-electron chi connectivity index (χ3n) is 2.07. The highest BCUT2D eigenvalue weighted by atomic mass is 35.5. The van der Waals surface area contributed by atoms with E-state index in [1.807, 2.05) is 6.92 Å². The molecule has 0 N–H and O–H groups in total. The molecule has 2 rings (SSSR count). The molecule has 0 bridgehead atoms. The number of aryl methyl sites for hydroxylation is 1. The Labute approximate surface area is 108 Å². The summed E-state index contributed by atoms with van der Waals surface area (Å²) < 4.78 is 12.8. The molecule has 0 saturated carbocycles. The Morgan fingerprint density at radius 3 is 2.59 bits per heavy atom. The van der Waals surface area contributed by atoms with E-state index in [9.17, 15) is 4.39 Å². The predicted molar refractivity (Wildman–Crippen MR) is 66.9 cm³/mol. The van der Waals surface area contributed by atoms with Crippen LogP contribution in [0, 0.1) is 5.82 Å². The molecule has 1 heterocycles. The lowest BCUT2D eigenvalue weighted by Crippen LogP contribution is -1.94. The number of aromatic nitrogens is 2. The van der Waals surface area contributed by atoms with Gasteiger partial charge in [0.1, 0.15) is 21.8 Å². The van der Waals surface area contributed by atoms with Gasteiger partial charge in [-0.25, -0.2) is 14.4 Å². The van der Waals surface area contributed by atoms with E-state index in [0.717, 1.165) is 16.3 Å².